The van der Waals surface area contributed by atoms with Crippen LogP contribution in [0.1, 0.15) is 252 Å². The molecule has 0 fully saturated rings. The zero-order valence-corrected chi connectivity index (χ0v) is 40.0. The second kappa shape index (κ2) is 51.0. The van der Waals surface area contributed by atoms with Crippen molar-refractivity contribution in [1.29, 1.82) is 0 Å². The molecule has 0 heterocycles. The first-order valence-corrected chi connectivity index (χ1v) is 25.8. The summed E-state index contributed by atoms with van der Waals surface area (Å²) in [6, 6.07) is 0. The lowest BCUT2D eigenvalue weighted by Crippen LogP contribution is -2.30. The quantitative estimate of drug-likeness (QED) is 0.0347. The van der Waals surface area contributed by atoms with Crippen molar-refractivity contribution in [3.8, 4) is 0 Å². The van der Waals surface area contributed by atoms with E-state index < -0.39 is 6.10 Å². The van der Waals surface area contributed by atoms with Gasteiger partial charge in [-0.2, -0.15) is 0 Å². The van der Waals surface area contributed by atoms with Gasteiger partial charge in [0.05, 0.1) is 6.61 Å². The number of ether oxygens (including phenoxy) is 3. The van der Waals surface area contributed by atoms with Crippen molar-refractivity contribution < 1.29 is 23.8 Å². The average molecular weight is 839 g/mol. The molecule has 348 valence electrons. The van der Waals surface area contributed by atoms with Gasteiger partial charge in [-0.15, -0.1) is 0 Å². The lowest BCUT2D eigenvalue weighted by Gasteiger charge is -2.18. The largest absolute Gasteiger partial charge is 0.462 e. The monoisotopic (exact) mass is 839 g/mol. The number of allylic oxidation sites excluding steroid dienone is 10. The van der Waals surface area contributed by atoms with Crippen LogP contribution in [0.25, 0.3) is 0 Å². The molecule has 0 aliphatic heterocycles. The van der Waals surface area contributed by atoms with Crippen LogP contribution in [0, 0.1) is 0 Å². The predicted molar refractivity (Wildman–Crippen MR) is 261 cm³/mol. The van der Waals surface area contributed by atoms with E-state index in [1.54, 1.807) is 0 Å². The smallest absolute Gasteiger partial charge is 0.306 e. The minimum atomic E-state index is -0.550. The normalized spacial score (nSPS) is 12.7. The molecule has 0 unspecified atom stereocenters. The molecule has 5 heteroatoms. The number of rotatable bonds is 47. The number of hydrogen-bond donors (Lipinski definition) is 0. The minimum Gasteiger partial charge on any atom is -0.462 e. The molecule has 0 saturated carbocycles. The fourth-order valence-electron chi connectivity index (χ4n) is 7.19. The lowest BCUT2D eigenvalue weighted by atomic mass is 10.0. The van der Waals surface area contributed by atoms with Crippen LogP contribution in [0.5, 0.6) is 0 Å². The van der Waals surface area contributed by atoms with Gasteiger partial charge in [-0.05, 0) is 77.0 Å². The van der Waals surface area contributed by atoms with E-state index in [1.807, 2.05) is 0 Å². The Labute approximate surface area is 373 Å². The van der Waals surface area contributed by atoms with E-state index in [0.717, 1.165) is 96.3 Å². The molecule has 0 rings (SSSR count). The predicted octanol–water partition coefficient (Wildman–Crippen LogP) is 17.3. The number of hydrogen-bond acceptors (Lipinski definition) is 5. The van der Waals surface area contributed by atoms with Crippen LogP contribution in [0.4, 0.5) is 0 Å². The summed E-state index contributed by atoms with van der Waals surface area (Å²) in [4.78, 5) is 25.3. The van der Waals surface area contributed by atoms with Crippen molar-refractivity contribution in [2.75, 3.05) is 19.8 Å². The molecule has 0 radical (unpaired) electrons. The molecular weight excluding hydrogens is 741 g/mol. The molecule has 60 heavy (non-hydrogen) atoms. The van der Waals surface area contributed by atoms with E-state index in [4.69, 9.17) is 14.2 Å². The van der Waals surface area contributed by atoms with Gasteiger partial charge in [-0.3, -0.25) is 9.59 Å². The summed E-state index contributed by atoms with van der Waals surface area (Å²) >= 11 is 0. The fraction of sp³-hybridized carbons (Fsp3) is 0.782. The Kier molecular flexibility index (Phi) is 48.9. The maximum atomic E-state index is 12.8. The van der Waals surface area contributed by atoms with Gasteiger partial charge in [0.2, 0.25) is 0 Å². The Bertz CT molecular complexity index is 1040. The molecule has 1 atom stereocenters. The maximum absolute atomic E-state index is 12.8. The van der Waals surface area contributed by atoms with Crippen LogP contribution in [-0.2, 0) is 23.8 Å². The Morgan fingerprint density at radius 1 is 0.383 bits per heavy atom. The highest BCUT2D eigenvalue weighted by Crippen LogP contribution is 2.15. The van der Waals surface area contributed by atoms with Crippen LogP contribution in [0.3, 0.4) is 0 Å². The first kappa shape index (κ1) is 57.6. The summed E-state index contributed by atoms with van der Waals surface area (Å²) in [6.45, 7) is 7.67. The van der Waals surface area contributed by atoms with Crippen LogP contribution in [0.2, 0.25) is 0 Å². The van der Waals surface area contributed by atoms with Gasteiger partial charge in [-0.1, -0.05) is 223 Å². The number of carbonyl (C=O) groups excluding carboxylic acids is 2. The van der Waals surface area contributed by atoms with Crippen molar-refractivity contribution in [3.63, 3.8) is 0 Å². The van der Waals surface area contributed by atoms with Crippen molar-refractivity contribution in [3.05, 3.63) is 60.8 Å². The molecule has 0 aliphatic carbocycles. The van der Waals surface area contributed by atoms with Gasteiger partial charge in [0.15, 0.2) is 6.10 Å². The summed E-state index contributed by atoms with van der Waals surface area (Å²) in [5.74, 6) is -0.429. The van der Waals surface area contributed by atoms with Gasteiger partial charge >= 0.3 is 11.9 Å². The van der Waals surface area contributed by atoms with Crippen LogP contribution in [0.15, 0.2) is 60.8 Å². The van der Waals surface area contributed by atoms with E-state index in [2.05, 4.69) is 81.5 Å². The SMILES string of the molecule is CC/C=C\C/C=C\C/C=C\C/C=C\CCCCCCC(=O)O[C@H](COCCCCCCCCCCCCCCCCCC)COC(=O)CCCCCCC/C=C\CCCC. The van der Waals surface area contributed by atoms with E-state index in [0.29, 0.717) is 19.4 Å². The zero-order valence-electron chi connectivity index (χ0n) is 40.0. The Morgan fingerprint density at radius 3 is 1.27 bits per heavy atom. The zero-order chi connectivity index (χ0) is 43.5. The molecule has 0 N–H and O–H groups in total. The van der Waals surface area contributed by atoms with E-state index in [1.165, 1.54) is 122 Å². The molecule has 0 aromatic heterocycles. The maximum Gasteiger partial charge on any atom is 0.306 e. The van der Waals surface area contributed by atoms with Crippen LogP contribution in [-0.4, -0.2) is 37.9 Å². The third kappa shape index (κ3) is 48.3. The van der Waals surface area contributed by atoms with Gasteiger partial charge in [0, 0.05) is 19.4 Å². The number of carbonyl (C=O) groups is 2. The van der Waals surface area contributed by atoms with Gasteiger partial charge in [-0.25, -0.2) is 0 Å². The van der Waals surface area contributed by atoms with Crippen molar-refractivity contribution >= 4 is 11.9 Å². The summed E-state index contributed by atoms with van der Waals surface area (Å²) in [7, 11) is 0. The second-order valence-electron chi connectivity index (χ2n) is 17.0. The highest BCUT2D eigenvalue weighted by molar-refractivity contribution is 5.70. The average Bonchev–Trinajstić information content (AvgIpc) is 3.25. The minimum absolute atomic E-state index is 0.0722. The van der Waals surface area contributed by atoms with Crippen molar-refractivity contribution in [2.45, 2.75) is 258 Å². The highest BCUT2D eigenvalue weighted by Gasteiger charge is 2.17. The molecule has 0 aromatic rings. The molecule has 0 aromatic carbocycles. The first-order valence-electron chi connectivity index (χ1n) is 25.8. The summed E-state index contributed by atoms with van der Waals surface area (Å²) in [5.41, 5.74) is 0. The molecule has 0 amide bonds. The van der Waals surface area contributed by atoms with E-state index in [-0.39, 0.29) is 25.2 Å². The number of esters is 2. The second-order valence-corrected chi connectivity index (χ2v) is 17.0. The van der Waals surface area contributed by atoms with Crippen molar-refractivity contribution in [2.24, 2.45) is 0 Å². The van der Waals surface area contributed by atoms with Crippen molar-refractivity contribution in [1.82, 2.24) is 0 Å². The summed E-state index contributed by atoms with van der Waals surface area (Å²) < 4.78 is 17.4. The fourth-order valence-corrected chi connectivity index (χ4v) is 7.19. The van der Waals surface area contributed by atoms with E-state index in [9.17, 15) is 9.59 Å². The van der Waals surface area contributed by atoms with Gasteiger partial charge < -0.3 is 14.2 Å². The Balaban J connectivity index is 4.29. The van der Waals surface area contributed by atoms with E-state index >= 15 is 0 Å². The molecule has 0 spiro atoms. The third-order valence-corrected chi connectivity index (χ3v) is 11.0. The topological polar surface area (TPSA) is 61.8 Å². The Hall–Kier alpha value is -2.40. The lowest BCUT2D eigenvalue weighted by molar-refractivity contribution is -0.163. The number of unbranched alkanes of at least 4 members (excludes halogenated alkanes) is 26. The molecule has 0 bridgehead atoms. The van der Waals surface area contributed by atoms with Crippen LogP contribution < -0.4 is 0 Å². The first-order chi connectivity index (χ1) is 29.6. The van der Waals surface area contributed by atoms with Gasteiger partial charge in [0.1, 0.15) is 6.61 Å². The standard InChI is InChI=1S/C55H98O5/c1-4-7-10-13-16-19-22-24-26-28-29-31-34-37-40-43-46-49-55(57)60-53(52-59-54(56)48-45-42-39-36-33-21-18-15-12-9-6-3)51-58-50-47-44-41-38-35-32-30-27-25-23-20-17-14-11-8-5-2/h7,10,15-16,18-19,24,26,29,31,53H,4-6,8-9,11-14,17,20-23,25,27-28,30,32-52H2,1-3H3/b10-7-,18-15-,19-16-,26-24-,31-29-/t53-/m1/s1. The summed E-state index contributed by atoms with van der Waals surface area (Å²) in [5, 5.41) is 0. The highest BCUT2D eigenvalue weighted by atomic mass is 16.6. The molecule has 0 aliphatic rings. The van der Waals surface area contributed by atoms with Gasteiger partial charge in [0.25, 0.3) is 0 Å². The third-order valence-electron chi connectivity index (χ3n) is 11.0. The molecule has 5 nitrogen and oxygen atoms in total. The molecule has 0 saturated heterocycles. The van der Waals surface area contributed by atoms with Crippen LogP contribution >= 0.6 is 0 Å². The Morgan fingerprint density at radius 2 is 0.767 bits per heavy atom. The summed E-state index contributed by atoms with van der Waals surface area (Å²) in [6.07, 6.45) is 63.7. The molecular formula is C55H98O5.